The molecule has 1 saturated heterocycles. The van der Waals surface area contributed by atoms with E-state index in [1.807, 2.05) is 65.6 Å². The van der Waals surface area contributed by atoms with Gasteiger partial charge < -0.3 is 14.5 Å². The van der Waals surface area contributed by atoms with Crippen LogP contribution in [-0.2, 0) is 4.79 Å². The minimum Gasteiger partial charge on any atom is -0.438 e. The van der Waals surface area contributed by atoms with Crippen LogP contribution in [0.15, 0.2) is 73.1 Å². The zero-order valence-electron chi connectivity index (χ0n) is 17.8. The molecule has 7 nitrogen and oxygen atoms in total. The highest BCUT2D eigenvalue weighted by Gasteiger charge is 2.19. The first-order valence-electron chi connectivity index (χ1n) is 10.6. The highest BCUT2D eigenvalue weighted by Crippen LogP contribution is 2.31. The lowest BCUT2D eigenvalue weighted by molar-refractivity contribution is -0.129. The predicted molar refractivity (Wildman–Crippen MR) is 124 cm³/mol. The minimum absolute atomic E-state index is 0.135. The van der Waals surface area contributed by atoms with Crippen molar-refractivity contribution in [1.82, 2.24) is 19.9 Å². The maximum Gasteiger partial charge on any atom is 0.230 e. The Labute approximate surface area is 186 Å². The van der Waals surface area contributed by atoms with E-state index >= 15 is 0 Å². The van der Waals surface area contributed by atoms with Gasteiger partial charge in [0, 0.05) is 56.7 Å². The fourth-order valence-electron chi connectivity index (χ4n) is 3.87. The molecule has 160 valence electrons. The highest BCUT2D eigenvalue weighted by molar-refractivity contribution is 5.85. The monoisotopic (exact) mass is 425 g/mol. The number of hydrogen-bond donors (Lipinski definition) is 0. The molecule has 32 heavy (non-hydrogen) atoms. The lowest BCUT2D eigenvalue weighted by Crippen LogP contribution is -2.48. The number of fused-ring (bicyclic) bond motifs is 1. The first-order valence-corrected chi connectivity index (χ1v) is 10.6. The number of ether oxygens (including phenoxy) is 1. The summed E-state index contributed by atoms with van der Waals surface area (Å²) in [5, 5.41) is 0.851. The zero-order chi connectivity index (χ0) is 21.9. The average Bonchev–Trinajstić information content (AvgIpc) is 2.85. The molecule has 0 bridgehead atoms. The summed E-state index contributed by atoms with van der Waals surface area (Å²) in [5.41, 5.74) is 2.77. The van der Waals surface area contributed by atoms with Crippen molar-refractivity contribution in [2.45, 2.75) is 6.92 Å². The Hall–Kier alpha value is -4.00. The van der Waals surface area contributed by atoms with Crippen molar-refractivity contribution in [3.8, 4) is 23.0 Å². The van der Waals surface area contributed by atoms with Gasteiger partial charge in [-0.3, -0.25) is 9.78 Å². The lowest BCUT2D eigenvalue weighted by Gasteiger charge is -2.35. The number of benzene rings is 2. The third-order valence-corrected chi connectivity index (χ3v) is 5.63. The van der Waals surface area contributed by atoms with Crippen molar-refractivity contribution >= 4 is 22.5 Å². The van der Waals surface area contributed by atoms with Crippen LogP contribution in [0.25, 0.3) is 22.3 Å². The number of pyridine rings is 1. The van der Waals surface area contributed by atoms with Gasteiger partial charge in [-0.05, 0) is 48.5 Å². The summed E-state index contributed by atoms with van der Waals surface area (Å²) < 4.78 is 6.20. The molecular formula is C25H23N5O2. The van der Waals surface area contributed by atoms with E-state index in [9.17, 15) is 4.79 Å². The van der Waals surface area contributed by atoms with Gasteiger partial charge in [0.15, 0.2) is 5.82 Å². The molecule has 3 heterocycles. The molecule has 0 saturated carbocycles. The summed E-state index contributed by atoms with van der Waals surface area (Å²) in [6.07, 6.45) is 3.47. The first-order chi connectivity index (χ1) is 15.7. The van der Waals surface area contributed by atoms with Crippen LogP contribution in [-0.4, -0.2) is 51.9 Å². The largest absolute Gasteiger partial charge is 0.438 e. The molecule has 5 rings (SSSR count). The number of aromatic nitrogens is 3. The lowest BCUT2D eigenvalue weighted by atomic mass is 10.2. The summed E-state index contributed by atoms with van der Waals surface area (Å²) in [4.78, 5) is 29.2. The van der Waals surface area contributed by atoms with Crippen molar-refractivity contribution in [2.75, 3.05) is 31.1 Å². The van der Waals surface area contributed by atoms with Crippen LogP contribution in [0.4, 0.5) is 5.69 Å². The van der Waals surface area contributed by atoms with E-state index in [-0.39, 0.29) is 5.91 Å². The van der Waals surface area contributed by atoms with E-state index in [4.69, 9.17) is 4.74 Å². The molecule has 2 aromatic heterocycles. The third-order valence-electron chi connectivity index (χ3n) is 5.63. The third kappa shape index (κ3) is 4.09. The van der Waals surface area contributed by atoms with Gasteiger partial charge in [-0.25, -0.2) is 4.98 Å². The van der Waals surface area contributed by atoms with Gasteiger partial charge in [0.2, 0.25) is 11.8 Å². The van der Waals surface area contributed by atoms with Gasteiger partial charge in [-0.15, -0.1) is 0 Å². The second-order valence-electron chi connectivity index (χ2n) is 7.70. The van der Waals surface area contributed by atoms with Crippen LogP contribution in [0.3, 0.4) is 0 Å². The number of para-hydroxylation sites is 1. The minimum atomic E-state index is 0.135. The second-order valence-corrected chi connectivity index (χ2v) is 7.70. The van der Waals surface area contributed by atoms with Crippen molar-refractivity contribution in [2.24, 2.45) is 0 Å². The Balaban J connectivity index is 1.39. The summed E-state index contributed by atoms with van der Waals surface area (Å²) in [7, 11) is 0. The molecule has 0 spiro atoms. The molecule has 2 aromatic carbocycles. The SMILES string of the molecule is CC(=O)N1CCN(c2ccc(Oc3nc(-c4cccnc4)nc4ccccc34)cc2)CC1. The average molecular weight is 425 g/mol. The number of hydrogen-bond acceptors (Lipinski definition) is 6. The molecule has 1 aliphatic heterocycles. The normalized spacial score (nSPS) is 13.9. The Bertz CT molecular complexity index is 1240. The molecule has 0 radical (unpaired) electrons. The Morgan fingerprint density at radius 1 is 0.906 bits per heavy atom. The van der Waals surface area contributed by atoms with E-state index in [0.29, 0.717) is 17.5 Å². The topological polar surface area (TPSA) is 71.5 Å². The highest BCUT2D eigenvalue weighted by atomic mass is 16.5. The van der Waals surface area contributed by atoms with Crippen LogP contribution in [0.2, 0.25) is 0 Å². The van der Waals surface area contributed by atoms with Crippen molar-refractivity contribution in [3.63, 3.8) is 0 Å². The van der Waals surface area contributed by atoms with E-state index in [0.717, 1.165) is 48.3 Å². The molecule has 0 aliphatic carbocycles. The van der Waals surface area contributed by atoms with Gasteiger partial charge in [0.05, 0.1) is 10.9 Å². The predicted octanol–water partition coefficient (Wildman–Crippen LogP) is 4.15. The molecule has 1 fully saturated rings. The number of anilines is 1. The maximum absolute atomic E-state index is 11.5. The smallest absolute Gasteiger partial charge is 0.230 e. The van der Waals surface area contributed by atoms with E-state index in [2.05, 4.69) is 19.9 Å². The van der Waals surface area contributed by atoms with Crippen LogP contribution < -0.4 is 9.64 Å². The van der Waals surface area contributed by atoms with E-state index in [1.165, 1.54) is 0 Å². The molecule has 0 unspecified atom stereocenters. The van der Waals surface area contributed by atoms with Crippen LogP contribution in [0, 0.1) is 0 Å². The summed E-state index contributed by atoms with van der Waals surface area (Å²) in [5.74, 6) is 1.93. The van der Waals surface area contributed by atoms with Crippen LogP contribution >= 0.6 is 0 Å². The fourth-order valence-corrected chi connectivity index (χ4v) is 3.87. The van der Waals surface area contributed by atoms with Gasteiger partial charge in [0.25, 0.3) is 0 Å². The summed E-state index contributed by atoms with van der Waals surface area (Å²) >= 11 is 0. The van der Waals surface area contributed by atoms with Crippen molar-refractivity contribution in [3.05, 3.63) is 73.1 Å². The van der Waals surface area contributed by atoms with E-state index < -0.39 is 0 Å². The molecular weight excluding hydrogens is 402 g/mol. The number of rotatable bonds is 4. The molecule has 1 amide bonds. The molecule has 0 N–H and O–H groups in total. The number of nitrogens with zero attached hydrogens (tertiary/aromatic N) is 5. The molecule has 0 atom stereocenters. The molecule has 7 heteroatoms. The number of carbonyl (C=O) groups is 1. The Kier molecular flexibility index (Phi) is 5.37. The second kappa shape index (κ2) is 8.63. The van der Waals surface area contributed by atoms with Gasteiger partial charge in [-0.2, -0.15) is 4.98 Å². The van der Waals surface area contributed by atoms with Crippen molar-refractivity contribution in [1.29, 1.82) is 0 Å². The van der Waals surface area contributed by atoms with Gasteiger partial charge in [-0.1, -0.05) is 12.1 Å². The van der Waals surface area contributed by atoms with Crippen molar-refractivity contribution < 1.29 is 9.53 Å². The summed E-state index contributed by atoms with van der Waals surface area (Å²) in [6.45, 7) is 4.77. The number of carbonyl (C=O) groups excluding carboxylic acids is 1. The first kappa shape index (κ1) is 19.9. The van der Waals surface area contributed by atoms with Crippen LogP contribution in [0.5, 0.6) is 11.6 Å². The van der Waals surface area contributed by atoms with Gasteiger partial charge >= 0.3 is 0 Å². The zero-order valence-corrected chi connectivity index (χ0v) is 17.8. The van der Waals surface area contributed by atoms with E-state index in [1.54, 1.807) is 19.3 Å². The Morgan fingerprint density at radius 2 is 1.69 bits per heavy atom. The quantitative estimate of drug-likeness (QED) is 0.489. The van der Waals surface area contributed by atoms with Crippen LogP contribution in [0.1, 0.15) is 6.92 Å². The standard InChI is InChI=1S/C25H23N5O2/c1-18(31)29-13-15-30(16-14-29)20-8-10-21(11-9-20)32-25-22-6-2-3-7-23(22)27-24(28-25)19-5-4-12-26-17-19/h2-12,17H,13-16H2,1H3. The molecule has 4 aromatic rings. The maximum atomic E-state index is 11.5. The Morgan fingerprint density at radius 3 is 2.41 bits per heavy atom. The number of amides is 1. The summed E-state index contributed by atoms with van der Waals surface area (Å²) in [6, 6.07) is 19.6. The van der Waals surface area contributed by atoms with Gasteiger partial charge in [0.1, 0.15) is 5.75 Å². The molecule has 1 aliphatic rings. The number of piperazine rings is 1. The fraction of sp³-hybridized carbons (Fsp3) is 0.200.